The van der Waals surface area contributed by atoms with Crippen molar-refractivity contribution in [1.82, 2.24) is 9.62 Å². The van der Waals surface area contributed by atoms with E-state index in [1.165, 1.54) is 23.6 Å². The molecular weight excluding hydrogens is 304 g/mol. The minimum Gasteiger partial charge on any atom is -0.388 e. The molecule has 0 aromatic rings. The summed E-state index contributed by atoms with van der Waals surface area (Å²) in [5.74, 6) is 0.148. The van der Waals surface area contributed by atoms with Crippen LogP contribution in [0.2, 0.25) is 0 Å². The SMILES string of the molecule is CCS(=O)(=O)NC(CCSC)C(=O)N1C[C@@H](O)[C@@H](O)C1. The van der Waals surface area contributed by atoms with Gasteiger partial charge in [-0.2, -0.15) is 11.8 Å². The zero-order valence-corrected chi connectivity index (χ0v) is 13.3. The second-order valence-corrected chi connectivity index (χ2v) is 7.76. The zero-order chi connectivity index (χ0) is 15.3. The Kier molecular flexibility index (Phi) is 6.73. The molecule has 1 amide bonds. The van der Waals surface area contributed by atoms with Crippen molar-refractivity contribution in [3.63, 3.8) is 0 Å². The Morgan fingerprint density at radius 3 is 2.40 bits per heavy atom. The summed E-state index contributed by atoms with van der Waals surface area (Å²) in [5, 5.41) is 18.9. The highest BCUT2D eigenvalue weighted by atomic mass is 32.2. The summed E-state index contributed by atoms with van der Waals surface area (Å²) in [5.41, 5.74) is 0. The van der Waals surface area contributed by atoms with E-state index in [0.29, 0.717) is 12.2 Å². The molecule has 1 heterocycles. The normalized spacial score (nSPS) is 24.9. The smallest absolute Gasteiger partial charge is 0.240 e. The van der Waals surface area contributed by atoms with Crippen LogP contribution in [0.15, 0.2) is 0 Å². The van der Waals surface area contributed by atoms with E-state index < -0.39 is 34.2 Å². The van der Waals surface area contributed by atoms with Crippen LogP contribution < -0.4 is 4.72 Å². The van der Waals surface area contributed by atoms with Crippen molar-refractivity contribution in [2.24, 2.45) is 0 Å². The third-order valence-corrected chi connectivity index (χ3v) is 5.23. The molecule has 0 aromatic carbocycles. The number of likely N-dealkylation sites (tertiary alicyclic amines) is 1. The third-order valence-electron chi connectivity index (χ3n) is 3.18. The molecule has 9 heteroatoms. The average molecular weight is 326 g/mol. The van der Waals surface area contributed by atoms with Crippen LogP contribution in [-0.4, -0.2) is 78.5 Å². The number of amides is 1. The van der Waals surface area contributed by atoms with Gasteiger partial charge in [0.1, 0.15) is 6.04 Å². The summed E-state index contributed by atoms with van der Waals surface area (Å²) >= 11 is 1.52. The first kappa shape index (κ1) is 17.7. The van der Waals surface area contributed by atoms with E-state index in [4.69, 9.17) is 0 Å². The lowest BCUT2D eigenvalue weighted by molar-refractivity contribution is -0.132. The van der Waals surface area contributed by atoms with Gasteiger partial charge in [-0.3, -0.25) is 4.79 Å². The number of nitrogens with zero attached hydrogens (tertiary/aromatic N) is 1. The first-order valence-electron chi connectivity index (χ1n) is 6.44. The van der Waals surface area contributed by atoms with Crippen LogP contribution in [0.1, 0.15) is 13.3 Å². The van der Waals surface area contributed by atoms with Crippen molar-refractivity contribution in [2.75, 3.05) is 30.9 Å². The average Bonchev–Trinajstić information content (AvgIpc) is 2.73. The molecule has 20 heavy (non-hydrogen) atoms. The maximum atomic E-state index is 12.3. The van der Waals surface area contributed by atoms with Crippen molar-refractivity contribution in [1.29, 1.82) is 0 Å². The highest BCUT2D eigenvalue weighted by molar-refractivity contribution is 7.98. The molecule has 7 nitrogen and oxygen atoms in total. The quantitative estimate of drug-likeness (QED) is 0.532. The predicted molar refractivity (Wildman–Crippen MR) is 78.0 cm³/mol. The highest BCUT2D eigenvalue weighted by Gasteiger charge is 2.36. The zero-order valence-electron chi connectivity index (χ0n) is 11.7. The molecule has 118 valence electrons. The van der Waals surface area contributed by atoms with E-state index in [2.05, 4.69) is 4.72 Å². The maximum Gasteiger partial charge on any atom is 0.240 e. The van der Waals surface area contributed by atoms with Gasteiger partial charge in [-0.25, -0.2) is 13.1 Å². The highest BCUT2D eigenvalue weighted by Crippen LogP contribution is 2.14. The van der Waals surface area contributed by atoms with Crippen LogP contribution >= 0.6 is 11.8 Å². The number of β-amino-alcohol motifs (C(OH)–C–C–N with tert-alkyl or cyclic N) is 2. The molecule has 3 atom stereocenters. The Morgan fingerprint density at radius 2 is 1.95 bits per heavy atom. The summed E-state index contributed by atoms with van der Waals surface area (Å²) in [7, 11) is -3.48. The fourth-order valence-electron chi connectivity index (χ4n) is 1.94. The summed E-state index contributed by atoms with van der Waals surface area (Å²) in [4.78, 5) is 13.6. The molecule has 1 fully saturated rings. The fourth-order valence-corrected chi connectivity index (χ4v) is 3.23. The monoisotopic (exact) mass is 326 g/mol. The molecule has 1 unspecified atom stereocenters. The van der Waals surface area contributed by atoms with Gasteiger partial charge in [0, 0.05) is 13.1 Å². The lowest BCUT2D eigenvalue weighted by Crippen LogP contribution is -2.48. The summed E-state index contributed by atoms with van der Waals surface area (Å²) in [6.07, 6.45) is 0.312. The number of hydrogen-bond donors (Lipinski definition) is 3. The van der Waals surface area contributed by atoms with Gasteiger partial charge in [0.2, 0.25) is 15.9 Å². The molecule has 0 saturated carbocycles. The van der Waals surface area contributed by atoms with Gasteiger partial charge in [0.25, 0.3) is 0 Å². The summed E-state index contributed by atoms with van der Waals surface area (Å²) < 4.78 is 25.7. The van der Waals surface area contributed by atoms with Crippen molar-refractivity contribution in [3.05, 3.63) is 0 Å². The van der Waals surface area contributed by atoms with Gasteiger partial charge in [-0.1, -0.05) is 0 Å². The fraction of sp³-hybridized carbons (Fsp3) is 0.909. The third kappa shape index (κ3) is 4.88. The van der Waals surface area contributed by atoms with Gasteiger partial charge in [-0.15, -0.1) is 0 Å². The van der Waals surface area contributed by atoms with Gasteiger partial charge in [0.05, 0.1) is 18.0 Å². The van der Waals surface area contributed by atoms with Crippen LogP contribution in [0.4, 0.5) is 0 Å². The lowest BCUT2D eigenvalue weighted by atomic mass is 10.2. The number of aliphatic hydroxyl groups is 2. The van der Waals surface area contributed by atoms with Gasteiger partial charge in [-0.05, 0) is 25.4 Å². The Hall–Kier alpha value is -0.350. The number of sulfonamides is 1. The van der Waals surface area contributed by atoms with E-state index in [1.54, 1.807) is 0 Å². The Morgan fingerprint density at radius 1 is 1.40 bits per heavy atom. The molecule has 3 N–H and O–H groups in total. The molecule has 1 aliphatic rings. The first-order valence-corrected chi connectivity index (χ1v) is 9.49. The van der Waals surface area contributed by atoms with Crippen LogP contribution in [0.3, 0.4) is 0 Å². The van der Waals surface area contributed by atoms with E-state index in [-0.39, 0.29) is 18.8 Å². The molecular formula is C11H22N2O5S2. The van der Waals surface area contributed by atoms with Crippen molar-refractivity contribution >= 4 is 27.7 Å². The molecule has 1 saturated heterocycles. The molecule has 1 rings (SSSR count). The van der Waals surface area contributed by atoms with Crippen LogP contribution in [0.5, 0.6) is 0 Å². The summed E-state index contributed by atoms with van der Waals surface area (Å²) in [6, 6.07) is -0.843. The second kappa shape index (κ2) is 7.60. The molecule has 0 spiro atoms. The molecule has 0 aromatic heterocycles. The van der Waals surface area contributed by atoms with Crippen molar-refractivity contribution in [2.45, 2.75) is 31.6 Å². The van der Waals surface area contributed by atoms with Gasteiger partial charge >= 0.3 is 0 Å². The lowest BCUT2D eigenvalue weighted by Gasteiger charge is -2.23. The molecule has 0 radical (unpaired) electrons. The minimum atomic E-state index is -3.48. The molecule has 0 bridgehead atoms. The van der Waals surface area contributed by atoms with E-state index in [9.17, 15) is 23.4 Å². The predicted octanol–water partition coefficient (Wildman–Crippen LogP) is -1.39. The van der Waals surface area contributed by atoms with Crippen LogP contribution in [0.25, 0.3) is 0 Å². The second-order valence-electron chi connectivity index (χ2n) is 4.73. The number of hydrogen-bond acceptors (Lipinski definition) is 6. The van der Waals surface area contributed by atoms with Crippen molar-refractivity contribution < 1.29 is 23.4 Å². The minimum absolute atomic E-state index is 0.0314. The molecule has 1 aliphatic heterocycles. The van der Waals surface area contributed by atoms with E-state index in [0.717, 1.165) is 0 Å². The number of carbonyl (C=O) groups is 1. The number of rotatable bonds is 7. The first-order chi connectivity index (χ1) is 9.30. The topological polar surface area (TPSA) is 107 Å². The number of thioether (sulfide) groups is 1. The van der Waals surface area contributed by atoms with Gasteiger partial charge < -0.3 is 15.1 Å². The standard InChI is InChI=1S/C11H22N2O5S2/c1-3-20(17,18)12-8(4-5-19-2)11(16)13-6-9(14)10(15)7-13/h8-10,12,14-15H,3-7H2,1-2H3/t8?,9-,10+. The van der Waals surface area contributed by atoms with Crippen molar-refractivity contribution in [3.8, 4) is 0 Å². The van der Waals surface area contributed by atoms with Gasteiger partial charge in [0.15, 0.2) is 0 Å². The Bertz CT molecular complexity index is 419. The number of nitrogens with one attached hydrogen (secondary N) is 1. The number of aliphatic hydroxyl groups excluding tert-OH is 2. The Balaban J connectivity index is 2.74. The van der Waals surface area contributed by atoms with E-state index >= 15 is 0 Å². The summed E-state index contributed by atoms with van der Waals surface area (Å²) in [6.45, 7) is 1.56. The Labute approximate surface area is 123 Å². The van der Waals surface area contributed by atoms with Crippen LogP contribution in [0, 0.1) is 0 Å². The largest absolute Gasteiger partial charge is 0.388 e. The maximum absolute atomic E-state index is 12.3. The number of carbonyl (C=O) groups excluding carboxylic acids is 1. The molecule has 0 aliphatic carbocycles. The van der Waals surface area contributed by atoms with E-state index in [1.807, 2.05) is 6.26 Å². The van der Waals surface area contributed by atoms with Crippen LogP contribution in [-0.2, 0) is 14.8 Å².